The molecule has 18 heavy (non-hydrogen) atoms. The summed E-state index contributed by atoms with van der Waals surface area (Å²) in [7, 11) is 0. The van der Waals surface area contributed by atoms with Gasteiger partial charge in [0.15, 0.2) is 0 Å². The molecule has 5 heteroatoms. The van der Waals surface area contributed by atoms with Crippen LogP contribution in [0.2, 0.25) is 0 Å². The van der Waals surface area contributed by atoms with Crippen molar-refractivity contribution in [2.45, 2.75) is 34.6 Å². The summed E-state index contributed by atoms with van der Waals surface area (Å²) in [5.74, 6) is -0.341. The molecule has 1 aromatic rings. The highest BCUT2D eigenvalue weighted by Crippen LogP contribution is 2.68. The van der Waals surface area contributed by atoms with Crippen LogP contribution in [-0.2, 0) is 0 Å². The molecule has 1 aromatic heterocycles. The molecule has 1 aliphatic carbocycles. The summed E-state index contributed by atoms with van der Waals surface area (Å²) in [5.41, 5.74) is 1.52. The van der Waals surface area contributed by atoms with Crippen molar-refractivity contribution in [3.05, 3.63) is 11.3 Å². The van der Waals surface area contributed by atoms with Crippen molar-refractivity contribution in [2.75, 3.05) is 11.9 Å². The number of aromatic nitrogens is 1. The van der Waals surface area contributed by atoms with Crippen LogP contribution in [-0.4, -0.2) is 22.0 Å². The Morgan fingerprint density at radius 1 is 1.39 bits per heavy atom. The van der Waals surface area contributed by atoms with Crippen LogP contribution in [0.15, 0.2) is 0 Å². The van der Waals surface area contributed by atoms with Gasteiger partial charge in [0, 0.05) is 6.54 Å². The monoisotopic (exact) mass is 268 g/mol. The van der Waals surface area contributed by atoms with E-state index in [0.717, 1.165) is 6.54 Å². The summed E-state index contributed by atoms with van der Waals surface area (Å²) in [6.07, 6.45) is 0. The number of hydrogen-bond donors (Lipinski definition) is 2. The van der Waals surface area contributed by atoms with Gasteiger partial charge in [0.05, 0.1) is 5.69 Å². The zero-order chi connectivity index (χ0) is 13.7. The summed E-state index contributed by atoms with van der Waals surface area (Å²) < 4.78 is 4.11. The molecule has 0 radical (unpaired) electrons. The molecule has 0 unspecified atom stereocenters. The Hall–Kier alpha value is -1.10. The number of nitrogens with zero attached hydrogens (tertiary/aromatic N) is 1. The first-order valence-electron chi connectivity index (χ1n) is 6.13. The number of carboxylic acid groups (broad SMARTS) is 1. The van der Waals surface area contributed by atoms with E-state index >= 15 is 0 Å². The third kappa shape index (κ3) is 1.81. The van der Waals surface area contributed by atoms with E-state index in [1.807, 2.05) is 0 Å². The fourth-order valence-electron chi connectivity index (χ4n) is 2.78. The minimum atomic E-state index is -0.905. The van der Waals surface area contributed by atoms with Gasteiger partial charge in [0.25, 0.3) is 0 Å². The van der Waals surface area contributed by atoms with Gasteiger partial charge in [-0.3, -0.25) is 0 Å². The first-order valence-corrected chi connectivity index (χ1v) is 6.90. The van der Waals surface area contributed by atoms with Crippen LogP contribution in [0.3, 0.4) is 0 Å². The van der Waals surface area contributed by atoms with Crippen LogP contribution in [0, 0.1) is 23.7 Å². The fourth-order valence-corrected chi connectivity index (χ4v) is 3.57. The predicted octanol–water partition coefficient (Wildman–Crippen LogP) is 3.24. The molecule has 100 valence electrons. The van der Waals surface area contributed by atoms with Crippen molar-refractivity contribution < 1.29 is 9.90 Å². The van der Waals surface area contributed by atoms with Crippen LogP contribution in [0.5, 0.6) is 0 Å². The largest absolute Gasteiger partial charge is 0.478 e. The van der Waals surface area contributed by atoms with Crippen molar-refractivity contribution in [3.8, 4) is 0 Å². The van der Waals surface area contributed by atoms with Crippen molar-refractivity contribution in [3.63, 3.8) is 0 Å². The summed E-state index contributed by atoms with van der Waals surface area (Å²) >= 11 is 1.23. The van der Waals surface area contributed by atoms with Crippen molar-refractivity contribution >= 4 is 22.5 Å². The second-order valence-electron chi connectivity index (χ2n) is 6.15. The lowest BCUT2D eigenvalue weighted by Gasteiger charge is -2.06. The zero-order valence-corrected chi connectivity index (χ0v) is 12.3. The van der Waals surface area contributed by atoms with Gasteiger partial charge < -0.3 is 10.4 Å². The summed E-state index contributed by atoms with van der Waals surface area (Å²) in [4.78, 5) is 11.1. The SMILES string of the molecule is Cc1nsc(NCC2C(C)(C)C2(C)C)c1C(=O)O. The predicted molar refractivity (Wildman–Crippen MR) is 73.4 cm³/mol. The molecule has 0 spiro atoms. The molecule has 1 saturated carbocycles. The Kier molecular flexibility index (Phi) is 2.93. The van der Waals surface area contributed by atoms with Crippen LogP contribution in [0.4, 0.5) is 5.00 Å². The highest BCUT2D eigenvalue weighted by atomic mass is 32.1. The number of rotatable bonds is 4. The maximum absolute atomic E-state index is 11.1. The lowest BCUT2D eigenvalue weighted by molar-refractivity contribution is 0.0697. The molecule has 0 aliphatic heterocycles. The molecule has 0 saturated heterocycles. The topological polar surface area (TPSA) is 62.2 Å². The Balaban J connectivity index is 2.07. The van der Waals surface area contributed by atoms with Gasteiger partial charge in [-0.25, -0.2) is 4.79 Å². The molecule has 0 bridgehead atoms. The van der Waals surface area contributed by atoms with E-state index in [1.54, 1.807) is 6.92 Å². The van der Waals surface area contributed by atoms with E-state index in [1.165, 1.54) is 11.5 Å². The number of carbonyl (C=O) groups is 1. The first-order chi connectivity index (χ1) is 8.19. The standard InChI is InChI=1S/C13H20N2O2S/c1-7-9(11(16)17)10(18-15-7)14-6-8-12(2,3)13(8,4)5/h8,14H,6H2,1-5H3,(H,16,17). The molecule has 0 amide bonds. The highest BCUT2D eigenvalue weighted by Gasteiger charge is 2.64. The Labute approximate surface area is 112 Å². The van der Waals surface area contributed by atoms with Crippen molar-refractivity contribution in [2.24, 2.45) is 16.7 Å². The molecule has 1 heterocycles. The van der Waals surface area contributed by atoms with Crippen molar-refractivity contribution in [1.29, 1.82) is 0 Å². The average molecular weight is 268 g/mol. The van der Waals surface area contributed by atoms with E-state index in [0.29, 0.717) is 33.0 Å². The van der Waals surface area contributed by atoms with Gasteiger partial charge in [-0.15, -0.1) is 0 Å². The number of carboxylic acids is 1. The maximum Gasteiger partial charge on any atom is 0.340 e. The van der Waals surface area contributed by atoms with Gasteiger partial charge in [-0.2, -0.15) is 4.37 Å². The quantitative estimate of drug-likeness (QED) is 0.880. The summed E-state index contributed by atoms with van der Waals surface area (Å²) in [6.45, 7) is 11.6. The fraction of sp³-hybridized carbons (Fsp3) is 0.692. The Morgan fingerprint density at radius 3 is 2.39 bits per heavy atom. The van der Waals surface area contributed by atoms with Crippen LogP contribution in [0.1, 0.15) is 43.7 Å². The van der Waals surface area contributed by atoms with E-state index in [4.69, 9.17) is 5.11 Å². The molecule has 2 N–H and O–H groups in total. The summed E-state index contributed by atoms with van der Waals surface area (Å²) in [5, 5.41) is 13.1. The van der Waals surface area contributed by atoms with Crippen LogP contribution < -0.4 is 5.32 Å². The molecule has 4 nitrogen and oxygen atoms in total. The average Bonchev–Trinajstić information content (AvgIpc) is 2.56. The number of anilines is 1. The number of aromatic carboxylic acids is 1. The molecular weight excluding hydrogens is 248 g/mol. The zero-order valence-electron chi connectivity index (χ0n) is 11.5. The molecule has 2 rings (SSSR count). The second-order valence-corrected chi connectivity index (χ2v) is 6.93. The van der Waals surface area contributed by atoms with Crippen LogP contribution >= 0.6 is 11.5 Å². The normalized spacial score (nSPS) is 20.7. The minimum absolute atomic E-state index is 0.309. The molecule has 1 aliphatic rings. The van der Waals surface area contributed by atoms with Crippen molar-refractivity contribution in [1.82, 2.24) is 4.37 Å². The molecule has 1 fully saturated rings. The maximum atomic E-state index is 11.1. The van der Waals surface area contributed by atoms with E-state index in [2.05, 4.69) is 37.4 Å². The van der Waals surface area contributed by atoms with Crippen LogP contribution in [0.25, 0.3) is 0 Å². The number of nitrogens with one attached hydrogen (secondary N) is 1. The van der Waals surface area contributed by atoms with Gasteiger partial charge in [-0.1, -0.05) is 27.7 Å². The second kappa shape index (κ2) is 3.95. The third-order valence-electron chi connectivity index (χ3n) is 4.86. The Morgan fingerprint density at radius 2 is 1.94 bits per heavy atom. The summed E-state index contributed by atoms with van der Waals surface area (Å²) in [6, 6.07) is 0. The van der Waals surface area contributed by atoms with Gasteiger partial charge in [0.2, 0.25) is 0 Å². The van der Waals surface area contributed by atoms with Gasteiger partial charge in [-0.05, 0) is 35.2 Å². The highest BCUT2D eigenvalue weighted by molar-refractivity contribution is 7.10. The number of hydrogen-bond acceptors (Lipinski definition) is 4. The van der Waals surface area contributed by atoms with Gasteiger partial charge in [0.1, 0.15) is 10.6 Å². The number of aryl methyl sites for hydroxylation is 1. The Bertz CT molecular complexity index is 477. The minimum Gasteiger partial charge on any atom is -0.478 e. The van der Waals surface area contributed by atoms with Gasteiger partial charge >= 0.3 is 5.97 Å². The smallest absolute Gasteiger partial charge is 0.340 e. The lowest BCUT2D eigenvalue weighted by Crippen LogP contribution is -2.10. The molecular formula is C13H20N2O2S. The molecule has 0 aromatic carbocycles. The lowest BCUT2D eigenvalue weighted by atomic mass is 10.0. The van der Waals surface area contributed by atoms with E-state index in [-0.39, 0.29) is 0 Å². The first kappa shape index (κ1) is 13.3. The third-order valence-corrected chi connectivity index (χ3v) is 5.76. The molecule has 0 atom stereocenters. The van der Waals surface area contributed by atoms with E-state index in [9.17, 15) is 4.79 Å². The van der Waals surface area contributed by atoms with E-state index < -0.39 is 5.97 Å².